The Kier molecular flexibility index (Phi) is 6.28. The maximum absolute atomic E-state index is 13.1. The van der Waals surface area contributed by atoms with Gasteiger partial charge in [-0.15, -0.1) is 0 Å². The smallest absolute Gasteiger partial charge is 0.331 e. The number of rotatable bonds is 4. The average molecular weight is 513 g/mol. The van der Waals surface area contributed by atoms with E-state index in [0.29, 0.717) is 19.3 Å². The highest BCUT2D eigenvalue weighted by molar-refractivity contribution is 5.87. The maximum Gasteiger partial charge on any atom is 0.331 e. The molecule has 0 radical (unpaired) electrons. The predicted molar refractivity (Wildman–Crippen MR) is 138 cm³/mol. The van der Waals surface area contributed by atoms with E-state index >= 15 is 0 Å². The topological polar surface area (TPSA) is 127 Å². The molecule has 202 valence electrons. The van der Waals surface area contributed by atoms with Crippen LogP contribution in [0.2, 0.25) is 0 Å². The highest BCUT2D eigenvalue weighted by Crippen LogP contribution is 2.71. The second-order valence-electron chi connectivity index (χ2n) is 12.3. The van der Waals surface area contributed by atoms with Gasteiger partial charge in [0.2, 0.25) is 0 Å². The SMILES string of the molecule is C[C@@H](O)[C@]1(O)CC[C@@]2(O)[C@]1(C)[C@H](OC(=O)/C=C/c1ccccc1)C[C@@H]1[C@@]3(C)CC[C@H](O)CC3=CC[C@]12O. The van der Waals surface area contributed by atoms with Crippen LogP contribution >= 0.6 is 0 Å². The lowest BCUT2D eigenvalue weighted by Crippen LogP contribution is -2.78. The van der Waals surface area contributed by atoms with Crippen LogP contribution in [0.1, 0.15) is 71.3 Å². The normalized spacial score (nSPS) is 45.9. The molecule has 5 N–H and O–H groups in total. The summed E-state index contributed by atoms with van der Waals surface area (Å²) in [4.78, 5) is 13.1. The summed E-state index contributed by atoms with van der Waals surface area (Å²) in [5.41, 5.74) is -5.31. The summed E-state index contributed by atoms with van der Waals surface area (Å²) in [5.74, 6) is -1.07. The van der Waals surface area contributed by atoms with Gasteiger partial charge in [-0.1, -0.05) is 55.8 Å². The van der Waals surface area contributed by atoms with Crippen molar-refractivity contribution in [1.29, 1.82) is 0 Å². The van der Waals surface area contributed by atoms with Crippen molar-refractivity contribution in [3.63, 3.8) is 0 Å². The minimum absolute atomic E-state index is 0.0621. The van der Waals surface area contributed by atoms with Crippen LogP contribution in [0.3, 0.4) is 0 Å². The van der Waals surface area contributed by atoms with Gasteiger partial charge in [-0.05, 0) is 68.9 Å². The van der Waals surface area contributed by atoms with E-state index in [-0.39, 0.29) is 25.7 Å². The minimum atomic E-state index is -1.82. The number of aliphatic hydroxyl groups is 5. The van der Waals surface area contributed by atoms with Crippen LogP contribution in [-0.4, -0.2) is 66.6 Å². The molecule has 3 saturated carbocycles. The first-order chi connectivity index (χ1) is 17.3. The Bertz CT molecular complexity index is 1110. The Morgan fingerprint density at radius 1 is 1.11 bits per heavy atom. The molecule has 4 aliphatic rings. The van der Waals surface area contributed by atoms with Crippen LogP contribution in [0.4, 0.5) is 0 Å². The van der Waals surface area contributed by atoms with Crippen molar-refractivity contribution in [3.05, 3.63) is 53.6 Å². The Balaban J connectivity index is 1.57. The molecule has 7 heteroatoms. The standard InChI is InChI=1S/C30H40O7/c1-19(31)28(34)15-16-30(36)27(28,3)24(37-25(33)10-9-20-7-5-4-6-8-20)18-23-26(2)13-12-22(32)17-21(26)11-14-29(23,30)35/h4-11,19,22-24,31-32,34-36H,12-18H2,1-3H3/b10-9+/t19-,22+,23-,24-,26+,27-,28-,29+,30-/m1/s1. The van der Waals surface area contributed by atoms with Crippen molar-refractivity contribution in [3.8, 4) is 0 Å². The fraction of sp³-hybridized carbons (Fsp3) is 0.633. The maximum atomic E-state index is 13.1. The number of fused-ring (bicyclic) bond motifs is 5. The fourth-order valence-electron chi connectivity index (χ4n) is 8.42. The van der Waals surface area contributed by atoms with E-state index in [9.17, 15) is 30.3 Å². The first-order valence-electron chi connectivity index (χ1n) is 13.5. The van der Waals surface area contributed by atoms with Gasteiger partial charge in [-0.25, -0.2) is 4.79 Å². The van der Waals surface area contributed by atoms with Crippen LogP contribution in [0, 0.1) is 16.7 Å². The number of aliphatic hydroxyl groups excluding tert-OH is 2. The molecule has 0 unspecified atom stereocenters. The molecule has 0 amide bonds. The Morgan fingerprint density at radius 3 is 2.49 bits per heavy atom. The van der Waals surface area contributed by atoms with E-state index in [4.69, 9.17) is 4.74 Å². The molecule has 7 nitrogen and oxygen atoms in total. The second-order valence-corrected chi connectivity index (χ2v) is 12.3. The van der Waals surface area contributed by atoms with Crippen LogP contribution in [0.5, 0.6) is 0 Å². The Labute approximate surface area is 218 Å². The molecule has 9 atom stereocenters. The number of carbonyl (C=O) groups excluding carboxylic acids is 1. The molecule has 1 aromatic rings. The predicted octanol–water partition coefficient (Wildman–Crippen LogP) is 2.89. The lowest BCUT2D eigenvalue weighted by atomic mass is 9.42. The van der Waals surface area contributed by atoms with E-state index in [2.05, 4.69) is 6.92 Å². The van der Waals surface area contributed by atoms with Gasteiger partial charge in [-0.3, -0.25) is 0 Å². The van der Waals surface area contributed by atoms with Crippen LogP contribution in [0.25, 0.3) is 6.08 Å². The molecule has 37 heavy (non-hydrogen) atoms. The Morgan fingerprint density at radius 2 is 1.81 bits per heavy atom. The fourth-order valence-corrected chi connectivity index (χ4v) is 8.42. The number of ether oxygens (including phenoxy) is 1. The summed E-state index contributed by atoms with van der Waals surface area (Å²) in [6.45, 7) is 5.19. The largest absolute Gasteiger partial charge is 0.458 e. The van der Waals surface area contributed by atoms with E-state index in [1.54, 1.807) is 13.0 Å². The number of hydrogen-bond acceptors (Lipinski definition) is 7. The van der Waals surface area contributed by atoms with Gasteiger partial charge >= 0.3 is 5.97 Å². The average Bonchev–Trinajstić information content (AvgIpc) is 3.10. The zero-order chi connectivity index (χ0) is 26.9. The first-order valence-corrected chi connectivity index (χ1v) is 13.5. The van der Waals surface area contributed by atoms with Gasteiger partial charge in [0.25, 0.3) is 0 Å². The van der Waals surface area contributed by atoms with E-state index in [1.165, 1.54) is 13.0 Å². The lowest BCUT2D eigenvalue weighted by molar-refractivity contribution is -0.326. The van der Waals surface area contributed by atoms with E-state index < -0.39 is 57.8 Å². The van der Waals surface area contributed by atoms with Gasteiger partial charge in [0.15, 0.2) is 0 Å². The summed E-state index contributed by atoms with van der Waals surface area (Å²) in [5, 5.41) is 57.7. The summed E-state index contributed by atoms with van der Waals surface area (Å²) in [7, 11) is 0. The zero-order valence-electron chi connectivity index (χ0n) is 21.9. The molecule has 0 spiro atoms. The van der Waals surface area contributed by atoms with Gasteiger partial charge in [0.1, 0.15) is 22.9 Å². The monoisotopic (exact) mass is 512 g/mol. The molecule has 0 heterocycles. The van der Waals surface area contributed by atoms with Crippen molar-refractivity contribution >= 4 is 12.0 Å². The van der Waals surface area contributed by atoms with E-state index in [1.807, 2.05) is 36.4 Å². The molecule has 1 aromatic carbocycles. The quantitative estimate of drug-likeness (QED) is 0.238. The summed E-state index contributed by atoms with van der Waals surface area (Å²) < 4.78 is 6.04. The molecule has 0 saturated heterocycles. The molecular weight excluding hydrogens is 472 g/mol. The van der Waals surface area contributed by atoms with Gasteiger partial charge in [-0.2, -0.15) is 0 Å². The minimum Gasteiger partial charge on any atom is -0.458 e. The second kappa shape index (κ2) is 8.75. The van der Waals surface area contributed by atoms with Crippen molar-refractivity contribution in [1.82, 2.24) is 0 Å². The number of hydrogen-bond donors (Lipinski definition) is 5. The Hall–Kier alpha value is -2.03. The van der Waals surface area contributed by atoms with Crippen molar-refractivity contribution in [2.24, 2.45) is 16.7 Å². The molecule has 0 aliphatic heterocycles. The van der Waals surface area contributed by atoms with Crippen molar-refractivity contribution < 1.29 is 35.1 Å². The van der Waals surface area contributed by atoms with Gasteiger partial charge in [0.05, 0.1) is 17.6 Å². The number of benzene rings is 1. The molecule has 0 aromatic heterocycles. The third-order valence-corrected chi connectivity index (χ3v) is 10.8. The molecule has 4 aliphatic carbocycles. The summed E-state index contributed by atoms with van der Waals surface area (Å²) in [6.07, 6.45) is 4.57. The number of carbonyl (C=O) groups is 1. The molecule has 5 rings (SSSR count). The highest BCUT2D eigenvalue weighted by atomic mass is 16.5. The third-order valence-electron chi connectivity index (χ3n) is 10.8. The van der Waals surface area contributed by atoms with Crippen molar-refractivity contribution in [2.75, 3.05) is 0 Å². The lowest BCUT2D eigenvalue weighted by Gasteiger charge is -2.67. The van der Waals surface area contributed by atoms with Crippen LogP contribution < -0.4 is 0 Å². The first kappa shape index (κ1) is 26.6. The molecule has 3 fully saturated rings. The van der Waals surface area contributed by atoms with Crippen LogP contribution in [-0.2, 0) is 9.53 Å². The molecule has 0 bridgehead atoms. The highest BCUT2D eigenvalue weighted by Gasteiger charge is 2.81. The molecular formula is C30H40O7. The third kappa shape index (κ3) is 3.54. The summed E-state index contributed by atoms with van der Waals surface area (Å²) >= 11 is 0. The number of esters is 1. The van der Waals surface area contributed by atoms with Gasteiger partial charge < -0.3 is 30.3 Å². The van der Waals surface area contributed by atoms with E-state index in [0.717, 1.165) is 11.1 Å². The van der Waals surface area contributed by atoms with Gasteiger partial charge in [0, 0.05) is 12.0 Å². The van der Waals surface area contributed by atoms with Crippen molar-refractivity contribution in [2.45, 2.75) is 101 Å². The summed E-state index contributed by atoms with van der Waals surface area (Å²) in [6, 6.07) is 9.34. The zero-order valence-corrected chi connectivity index (χ0v) is 21.9. The van der Waals surface area contributed by atoms with Crippen LogP contribution in [0.15, 0.2) is 48.1 Å².